The number of carbonyl (C=O) groups excluding carboxylic acids is 2. The molecule has 0 aromatic heterocycles. The van der Waals surface area contributed by atoms with Gasteiger partial charge in [-0.05, 0) is 49.4 Å². The number of nitrogens with one attached hydrogen (secondary N) is 1. The molecule has 2 saturated heterocycles. The molecule has 2 amide bonds. The van der Waals surface area contributed by atoms with Crippen molar-refractivity contribution in [3.8, 4) is 0 Å². The van der Waals surface area contributed by atoms with Gasteiger partial charge in [0.25, 0.3) is 0 Å². The van der Waals surface area contributed by atoms with E-state index in [-0.39, 0.29) is 17.9 Å². The van der Waals surface area contributed by atoms with E-state index in [0.717, 1.165) is 37.4 Å². The number of carbonyl (C=O) groups is 2. The Kier molecular flexibility index (Phi) is 5.29. The normalized spacial score (nSPS) is 23.6. The number of hydrogen-bond donors (Lipinski definition) is 1. The lowest BCUT2D eigenvalue weighted by molar-refractivity contribution is -0.136. The molecule has 6 heteroatoms. The molecule has 5 nitrogen and oxygen atoms in total. The Morgan fingerprint density at radius 2 is 1.96 bits per heavy atom. The van der Waals surface area contributed by atoms with E-state index in [4.69, 9.17) is 11.6 Å². The smallest absolute Gasteiger partial charge is 0.242 e. The van der Waals surface area contributed by atoms with Crippen LogP contribution in [0.25, 0.3) is 0 Å². The van der Waals surface area contributed by atoms with Crippen molar-refractivity contribution in [3.05, 3.63) is 29.3 Å². The van der Waals surface area contributed by atoms with E-state index in [1.807, 2.05) is 24.3 Å². The van der Waals surface area contributed by atoms with Gasteiger partial charge >= 0.3 is 0 Å². The minimum Gasteiger partial charge on any atom is -0.371 e. The number of likely N-dealkylation sites (tertiary alicyclic amines) is 1. The first kappa shape index (κ1) is 17.1. The maximum atomic E-state index is 12.4. The summed E-state index contributed by atoms with van der Waals surface area (Å²) in [5.41, 5.74) is 1.17. The second kappa shape index (κ2) is 7.43. The molecule has 2 aliphatic heterocycles. The summed E-state index contributed by atoms with van der Waals surface area (Å²) in [5, 5.41) is 3.80. The van der Waals surface area contributed by atoms with Crippen LogP contribution in [0.15, 0.2) is 24.3 Å². The summed E-state index contributed by atoms with van der Waals surface area (Å²) < 4.78 is 0. The van der Waals surface area contributed by atoms with Crippen molar-refractivity contribution in [1.29, 1.82) is 0 Å². The van der Waals surface area contributed by atoms with Crippen LogP contribution in [0, 0.1) is 5.92 Å². The molecule has 0 radical (unpaired) electrons. The molecule has 1 N–H and O–H groups in total. The predicted octanol–water partition coefficient (Wildman–Crippen LogP) is 2.29. The quantitative estimate of drug-likeness (QED) is 0.907. The number of benzene rings is 1. The number of halogens is 1. The molecule has 0 bridgehead atoms. The number of amides is 2. The van der Waals surface area contributed by atoms with E-state index in [2.05, 4.69) is 10.2 Å². The third kappa shape index (κ3) is 3.83. The van der Waals surface area contributed by atoms with E-state index in [9.17, 15) is 9.59 Å². The number of hydrogen-bond acceptors (Lipinski definition) is 3. The topological polar surface area (TPSA) is 52.7 Å². The Hall–Kier alpha value is -1.75. The van der Waals surface area contributed by atoms with Crippen LogP contribution in [0.3, 0.4) is 0 Å². The molecule has 2 aliphatic rings. The van der Waals surface area contributed by atoms with Crippen molar-refractivity contribution in [2.24, 2.45) is 5.92 Å². The number of rotatable bonds is 4. The van der Waals surface area contributed by atoms with Gasteiger partial charge in [0.1, 0.15) is 6.04 Å². The van der Waals surface area contributed by atoms with Gasteiger partial charge in [-0.15, -0.1) is 0 Å². The maximum Gasteiger partial charge on any atom is 0.242 e. The molecule has 1 aromatic carbocycles. The molecule has 3 rings (SSSR count). The molecule has 24 heavy (non-hydrogen) atoms. The SMILES string of the molecule is CC(=O)N1CCC[C@@H]1C(=O)NC[C@H]1CCN(c2ccc(Cl)cc2)C1. The van der Waals surface area contributed by atoms with Crippen molar-refractivity contribution >= 4 is 29.1 Å². The molecule has 0 aliphatic carbocycles. The lowest BCUT2D eigenvalue weighted by Crippen LogP contribution is -2.46. The van der Waals surface area contributed by atoms with Gasteiger partial charge in [0.15, 0.2) is 0 Å². The maximum absolute atomic E-state index is 12.4. The molecule has 1 aromatic rings. The highest BCUT2D eigenvalue weighted by atomic mass is 35.5. The highest BCUT2D eigenvalue weighted by Crippen LogP contribution is 2.25. The van der Waals surface area contributed by atoms with Crippen LogP contribution in [-0.2, 0) is 9.59 Å². The van der Waals surface area contributed by atoms with Crippen LogP contribution in [0.4, 0.5) is 5.69 Å². The molecule has 2 atom stereocenters. The fourth-order valence-corrected chi connectivity index (χ4v) is 3.79. The standard InChI is InChI=1S/C18H24ClN3O2/c1-13(23)22-9-2-3-17(22)18(24)20-11-14-8-10-21(12-14)16-6-4-15(19)5-7-16/h4-7,14,17H,2-3,8-12H2,1H3,(H,20,24)/t14-,17-/m1/s1. The van der Waals surface area contributed by atoms with E-state index in [0.29, 0.717) is 19.0 Å². The number of nitrogens with zero attached hydrogens (tertiary/aromatic N) is 2. The van der Waals surface area contributed by atoms with E-state index < -0.39 is 0 Å². The first-order valence-corrected chi connectivity index (χ1v) is 8.98. The largest absolute Gasteiger partial charge is 0.371 e. The third-order valence-corrected chi connectivity index (χ3v) is 5.25. The van der Waals surface area contributed by atoms with Gasteiger partial charge in [-0.3, -0.25) is 9.59 Å². The van der Waals surface area contributed by atoms with Crippen molar-refractivity contribution in [2.75, 3.05) is 31.1 Å². The molecule has 0 spiro atoms. The fraction of sp³-hybridized carbons (Fsp3) is 0.556. The second-order valence-electron chi connectivity index (χ2n) is 6.69. The molecular weight excluding hydrogens is 326 g/mol. The summed E-state index contributed by atoms with van der Waals surface area (Å²) in [6.45, 7) is 4.83. The van der Waals surface area contributed by atoms with Crippen molar-refractivity contribution in [2.45, 2.75) is 32.2 Å². The van der Waals surface area contributed by atoms with Gasteiger partial charge in [0.2, 0.25) is 11.8 Å². The lowest BCUT2D eigenvalue weighted by atomic mass is 10.1. The minimum atomic E-state index is -0.281. The Labute approximate surface area is 147 Å². The molecular formula is C18H24ClN3O2. The summed E-state index contributed by atoms with van der Waals surface area (Å²) in [6.07, 6.45) is 2.74. The van der Waals surface area contributed by atoms with E-state index in [1.165, 1.54) is 12.6 Å². The zero-order valence-electron chi connectivity index (χ0n) is 14.0. The first-order chi connectivity index (χ1) is 11.5. The molecule has 0 unspecified atom stereocenters. The van der Waals surface area contributed by atoms with Gasteiger partial charge in [-0.25, -0.2) is 0 Å². The van der Waals surface area contributed by atoms with E-state index in [1.54, 1.807) is 4.90 Å². The second-order valence-corrected chi connectivity index (χ2v) is 7.13. The average molecular weight is 350 g/mol. The number of anilines is 1. The Balaban J connectivity index is 1.48. The Morgan fingerprint density at radius 3 is 2.67 bits per heavy atom. The van der Waals surface area contributed by atoms with Crippen molar-refractivity contribution in [3.63, 3.8) is 0 Å². The fourth-order valence-electron chi connectivity index (χ4n) is 3.66. The minimum absolute atomic E-state index is 0.00681. The zero-order valence-corrected chi connectivity index (χ0v) is 14.8. The monoisotopic (exact) mass is 349 g/mol. The molecule has 2 heterocycles. The van der Waals surface area contributed by atoms with Gasteiger partial charge in [0.05, 0.1) is 0 Å². The third-order valence-electron chi connectivity index (χ3n) is 5.00. The van der Waals surface area contributed by atoms with Crippen LogP contribution in [0.5, 0.6) is 0 Å². The first-order valence-electron chi connectivity index (χ1n) is 8.60. The molecule has 0 saturated carbocycles. The molecule has 2 fully saturated rings. The van der Waals surface area contributed by atoms with Crippen LogP contribution in [-0.4, -0.2) is 48.9 Å². The highest BCUT2D eigenvalue weighted by molar-refractivity contribution is 6.30. The highest BCUT2D eigenvalue weighted by Gasteiger charge is 2.33. The summed E-state index contributed by atoms with van der Waals surface area (Å²) >= 11 is 5.93. The lowest BCUT2D eigenvalue weighted by Gasteiger charge is -2.23. The summed E-state index contributed by atoms with van der Waals surface area (Å²) in [4.78, 5) is 28.0. The van der Waals surface area contributed by atoms with Crippen LogP contribution < -0.4 is 10.2 Å². The van der Waals surface area contributed by atoms with Gasteiger partial charge in [-0.1, -0.05) is 11.6 Å². The Morgan fingerprint density at radius 1 is 1.21 bits per heavy atom. The van der Waals surface area contributed by atoms with Crippen LogP contribution >= 0.6 is 11.6 Å². The summed E-state index contributed by atoms with van der Waals surface area (Å²) in [7, 11) is 0. The average Bonchev–Trinajstić information content (AvgIpc) is 3.22. The van der Waals surface area contributed by atoms with Gasteiger partial charge in [-0.2, -0.15) is 0 Å². The van der Waals surface area contributed by atoms with E-state index >= 15 is 0 Å². The van der Waals surface area contributed by atoms with Crippen LogP contribution in [0.2, 0.25) is 5.02 Å². The Bertz CT molecular complexity index is 605. The summed E-state index contributed by atoms with van der Waals surface area (Å²) in [6, 6.07) is 7.60. The summed E-state index contributed by atoms with van der Waals surface area (Å²) in [5.74, 6) is 0.423. The van der Waals surface area contributed by atoms with Crippen molar-refractivity contribution in [1.82, 2.24) is 10.2 Å². The van der Waals surface area contributed by atoms with Crippen LogP contribution in [0.1, 0.15) is 26.2 Å². The van der Waals surface area contributed by atoms with Crippen molar-refractivity contribution < 1.29 is 9.59 Å². The van der Waals surface area contributed by atoms with Gasteiger partial charge < -0.3 is 15.1 Å². The van der Waals surface area contributed by atoms with Gasteiger partial charge in [0, 0.05) is 43.8 Å². The molecule has 130 valence electrons. The zero-order chi connectivity index (χ0) is 17.1. The predicted molar refractivity (Wildman–Crippen MR) is 95.2 cm³/mol.